The lowest BCUT2D eigenvalue weighted by molar-refractivity contribution is -0.125. The van der Waals surface area contributed by atoms with Gasteiger partial charge in [-0.2, -0.15) is 0 Å². The Kier molecular flexibility index (Phi) is 31.3. The minimum absolute atomic E-state index is 0.0328. The summed E-state index contributed by atoms with van der Waals surface area (Å²) < 4.78 is 0. The van der Waals surface area contributed by atoms with Gasteiger partial charge in [-0.05, 0) is 38.5 Å². The van der Waals surface area contributed by atoms with Crippen molar-refractivity contribution >= 4 is 5.91 Å². The Bertz CT molecular complexity index is 568. The summed E-state index contributed by atoms with van der Waals surface area (Å²) in [7, 11) is 0. The maximum Gasteiger partial charge on any atom is 0.222 e. The summed E-state index contributed by atoms with van der Waals surface area (Å²) in [5, 5.41) is 33.1. The summed E-state index contributed by atoms with van der Waals surface area (Å²) in [5.41, 5.74) is 0. The zero-order valence-corrected chi connectivity index (χ0v) is 27.4. The molecule has 0 fully saturated rings. The molecule has 0 aliphatic rings. The van der Waals surface area contributed by atoms with Crippen LogP contribution in [0.5, 0.6) is 0 Å². The van der Waals surface area contributed by atoms with Crippen molar-refractivity contribution in [2.45, 2.75) is 205 Å². The van der Waals surface area contributed by atoms with Crippen molar-refractivity contribution in [1.29, 1.82) is 0 Å². The number of unbranched alkanes of at least 4 members (excludes halogenated alkanes) is 21. The van der Waals surface area contributed by atoms with Crippen LogP contribution in [-0.2, 0) is 4.79 Å². The molecule has 0 aliphatic heterocycles. The number of aliphatic hydroxyl groups is 3. The molecule has 0 saturated heterocycles. The van der Waals surface area contributed by atoms with Crippen molar-refractivity contribution in [3.63, 3.8) is 0 Å². The standard InChI is InChI=1S/C36H71NO4/c1-3-5-7-9-11-13-15-16-17-18-20-21-23-25-27-29-33(39)31-36(41)37-34(32-38)35(40)30-28-26-24-22-19-14-12-10-8-6-4-2/h16-17,33-35,38-40H,3-15,18-32H2,1-2H3,(H,37,41)/b17-16-. The van der Waals surface area contributed by atoms with E-state index in [0.29, 0.717) is 12.8 Å². The Morgan fingerprint density at radius 3 is 1.41 bits per heavy atom. The van der Waals surface area contributed by atoms with E-state index >= 15 is 0 Å². The van der Waals surface area contributed by atoms with Crippen LogP contribution in [0.1, 0.15) is 187 Å². The summed E-state index contributed by atoms with van der Waals surface area (Å²) in [6, 6.07) is -0.655. The molecule has 0 rings (SSSR count). The number of aliphatic hydroxyl groups excluding tert-OH is 3. The highest BCUT2D eigenvalue weighted by Gasteiger charge is 2.21. The van der Waals surface area contributed by atoms with Crippen molar-refractivity contribution in [1.82, 2.24) is 5.32 Å². The molecular formula is C36H71NO4. The van der Waals surface area contributed by atoms with E-state index in [0.717, 1.165) is 32.1 Å². The van der Waals surface area contributed by atoms with Crippen molar-refractivity contribution in [3.05, 3.63) is 12.2 Å². The van der Waals surface area contributed by atoms with E-state index in [9.17, 15) is 20.1 Å². The number of rotatable bonds is 32. The van der Waals surface area contributed by atoms with Gasteiger partial charge in [0.15, 0.2) is 0 Å². The molecule has 3 unspecified atom stereocenters. The number of amides is 1. The summed E-state index contributed by atoms with van der Waals surface area (Å²) in [5.74, 6) is -0.290. The van der Waals surface area contributed by atoms with Crippen LogP contribution < -0.4 is 5.32 Å². The topological polar surface area (TPSA) is 89.8 Å². The van der Waals surface area contributed by atoms with Gasteiger partial charge in [0, 0.05) is 0 Å². The fourth-order valence-electron chi connectivity index (χ4n) is 5.51. The molecule has 0 aromatic heterocycles. The summed E-state index contributed by atoms with van der Waals surface area (Å²) in [6.45, 7) is 4.23. The molecule has 0 spiro atoms. The van der Waals surface area contributed by atoms with Gasteiger partial charge in [0.05, 0.1) is 31.3 Å². The molecule has 0 heterocycles. The molecule has 1 amide bonds. The molecule has 3 atom stereocenters. The molecular weight excluding hydrogens is 510 g/mol. The second-order valence-corrected chi connectivity index (χ2v) is 12.5. The smallest absolute Gasteiger partial charge is 0.222 e. The molecule has 244 valence electrons. The van der Waals surface area contributed by atoms with Gasteiger partial charge < -0.3 is 20.6 Å². The summed E-state index contributed by atoms with van der Waals surface area (Å²) in [6.07, 6.45) is 34.4. The Morgan fingerprint density at radius 2 is 0.976 bits per heavy atom. The Morgan fingerprint density at radius 1 is 0.585 bits per heavy atom. The van der Waals surface area contributed by atoms with E-state index in [-0.39, 0.29) is 18.9 Å². The Balaban J connectivity index is 3.69. The van der Waals surface area contributed by atoms with Gasteiger partial charge in [-0.25, -0.2) is 0 Å². The van der Waals surface area contributed by atoms with Gasteiger partial charge in [-0.1, -0.05) is 154 Å². The molecule has 41 heavy (non-hydrogen) atoms. The lowest BCUT2D eigenvalue weighted by atomic mass is 10.0. The molecule has 0 saturated carbocycles. The van der Waals surface area contributed by atoms with E-state index in [1.54, 1.807) is 0 Å². The van der Waals surface area contributed by atoms with E-state index in [1.165, 1.54) is 122 Å². The third-order valence-electron chi connectivity index (χ3n) is 8.33. The second-order valence-electron chi connectivity index (χ2n) is 12.5. The molecule has 0 aromatic rings. The highest BCUT2D eigenvalue weighted by atomic mass is 16.3. The van der Waals surface area contributed by atoms with E-state index < -0.39 is 18.2 Å². The zero-order chi connectivity index (χ0) is 30.2. The van der Waals surface area contributed by atoms with Crippen LogP contribution in [0.2, 0.25) is 0 Å². The highest BCUT2D eigenvalue weighted by molar-refractivity contribution is 5.76. The third-order valence-corrected chi connectivity index (χ3v) is 8.33. The largest absolute Gasteiger partial charge is 0.394 e. The van der Waals surface area contributed by atoms with E-state index in [4.69, 9.17) is 0 Å². The first-order chi connectivity index (χ1) is 20.0. The number of carbonyl (C=O) groups is 1. The van der Waals surface area contributed by atoms with Crippen molar-refractivity contribution in [3.8, 4) is 0 Å². The van der Waals surface area contributed by atoms with Crippen LogP contribution in [0.15, 0.2) is 12.2 Å². The van der Waals surface area contributed by atoms with Crippen molar-refractivity contribution in [2.75, 3.05) is 6.61 Å². The summed E-state index contributed by atoms with van der Waals surface area (Å²) >= 11 is 0. The average molecular weight is 582 g/mol. The monoisotopic (exact) mass is 582 g/mol. The number of nitrogens with one attached hydrogen (secondary N) is 1. The fraction of sp³-hybridized carbons (Fsp3) is 0.917. The predicted octanol–water partition coefficient (Wildman–Crippen LogP) is 9.31. The van der Waals surface area contributed by atoms with Crippen LogP contribution in [0.3, 0.4) is 0 Å². The molecule has 0 radical (unpaired) electrons. The number of allylic oxidation sites excluding steroid dienone is 2. The average Bonchev–Trinajstić information content (AvgIpc) is 2.96. The maximum absolute atomic E-state index is 12.3. The fourth-order valence-corrected chi connectivity index (χ4v) is 5.51. The first-order valence-corrected chi connectivity index (χ1v) is 18.0. The van der Waals surface area contributed by atoms with Crippen LogP contribution in [-0.4, -0.2) is 46.1 Å². The van der Waals surface area contributed by atoms with Crippen LogP contribution >= 0.6 is 0 Å². The number of hydrogen-bond acceptors (Lipinski definition) is 4. The molecule has 0 aliphatic carbocycles. The minimum atomic E-state index is -0.745. The van der Waals surface area contributed by atoms with Crippen molar-refractivity contribution in [2.24, 2.45) is 0 Å². The van der Waals surface area contributed by atoms with Gasteiger partial charge in [0.1, 0.15) is 0 Å². The molecule has 5 nitrogen and oxygen atoms in total. The van der Waals surface area contributed by atoms with Gasteiger partial charge >= 0.3 is 0 Å². The number of hydrogen-bond donors (Lipinski definition) is 4. The first-order valence-electron chi connectivity index (χ1n) is 18.0. The molecule has 0 aromatic carbocycles. The summed E-state index contributed by atoms with van der Waals surface area (Å²) in [4.78, 5) is 12.3. The number of carbonyl (C=O) groups excluding carboxylic acids is 1. The second kappa shape index (κ2) is 32.0. The maximum atomic E-state index is 12.3. The van der Waals surface area contributed by atoms with Gasteiger partial charge in [-0.3, -0.25) is 4.79 Å². The van der Waals surface area contributed by atoms with Crippen LogP contribution in [0, 0.1) is 0 Å². The Hall–Kier alpha value is -0.910. The third kappa shape index (κ3) is 29.0. The van der Waals surface area contributed by atoms with Gasteiger partial charge in [0.25, 0.3) is 0 Å². The quantitative estimate of drug-likeness (QED) is 0.0471. The van der Waals surface area contributed by atoms with Crippen molar-refractivity contribution < 1.29 is 20.1 Å². The predicted molar refractivity (Wildman–Crippen MR) is 176 cm³/mol. The van der Waals surface area contributed by atoms with Gasteiger partial charge in [0.2, 0.25) is 5.91 Å². The lowest BCUT2D eigenvalue weighted by Gasteiger charge is -2.23. The molecule has 5 heteroatoms. The lowest BCUT2D eigenvalue weighted by Crippen LogP contribution is -2.46. The molecule has 4 N–H and O–H groups in total. The van der Waals surface area contributed by atoms with Crippen LogP contribution in [0.25, 0.3) is 0 Å². The van der Waals surface area contributed by atoms with Crippen LogP contribution in [0.4, 0.5) is 0 Å². The Labute approximate surface area is 255 Å². The normalized spacial score (nSPS) is 14.0. The highest BCUT2D eigenvalue weighted by Crippen LogP contribution is 2.15. The minimum Gasteiger partial charge on any atom is -0.394 e. The SMILES string of the molecule is CCCCCCCC/C=C\CCCCCCCC(O)CC(=O)NC(CO)C(O)CCCCCCCCCCCCC. The molecule has 0 bridgehead atoms. The first kappa shape index (κ1) is 40.1. The van der Waals surface area contributed by atoms with Gasteiger partial charge in [-0.15, -0.1) is 0 Å². The zero-order valence-electron chi connectivity index (χ0n) is 27.4. The van der Waals surface area contributed by atoms with E-state index in [1.807, 2.05) is 0 Å². The van der Waals surface area contributed by atoms with E-state index in [2.05, 4.69) is 31.3 Å².